The molecule has 4 nitrogen and oxygen atoms in total. The smallest absolute Gasteiger partial charge is 0.277 e. The van der Waals surface area contributed by atoms with Crippen LogP contribution in [-0.2, 0) is 0 Å². The van der Waals surface area contributed by atoms with E-state index in [1.165, 1.54) is 29.5 Å². The van der Waals surface area contributed by atoms with Crippen molar-refractivity contribution in [3.8, 4) is 10.8 Å². The minimum atomic E-state index is -0.406. The molecule has 3 aromatic rings. The number of aromatic nitrogens is 1. The molecule has 3 rings (SSSR count). The van der Waals surface area contributed by atoms with Gasteiger partial charge in [0.2, 0.25) is 5.89 Å². The van der Waals surface area contributed by atoms with Crippen LogP contribution >= 0.6 is 27.3 Å². The standard InChI is InChI=1S/C15H10BrFN2O2S/c1-8-13(19-15(21-8)12-3-2-6-22-12)14(20)18-11-5-4-9(17)7-10(11)16/h2-7H,1H3,(H,18,20). The van der Waals surface area contributed by atoms with E-state index >= 15 is 0 Å². The first-order valence-electron chi connectivity index (χ1n) is 6.32. The fourth-order valence-electron chi connectivity index (χ4n) is 1.89. The van der Waals surface area contributed by atoms with E-state index in [9.17, 15) is 9.18 Å². The third-order valence-electron chi connectivity index (χ3n) is 2.92. The lowest BCUT2D eigenvalue weighted by atomic mass is 10.3. The summed E-state index contributed by atoms with van der Waals surface area (Å²) in [4.78, 5) is 17.4. The number of rotatable bonds is 3. The lowest BCUT2D eigenvalue weighted by Crippen LogP contribution is -2.14. The number of aryl methyl sites for hydroxylation is 1. The van der Waals surface area contributed by atoms with Crippen molar-refractivity contribution in [1.82, 2.24) is 4.98 Å². The zero-order valence-corrected chi connectivity index (χ0v) is 13.8. The van der Waals surface area contributed by atoms with Gasteiger partial charge >= 0.3 is 0 Å². The molecule has 7 heteroatoms. The van der Waals surface area contributed by atoms with Crippen LogP contribution in [0.2, 0.25) is 0 Å². The Balaban J connectivity index is 1.86. The van der Waals surface area contributed by atoms with Crippen molar-refractivity contribution >= 4 is 38.9 Å². The van der Waals surface area contributed by atoms with Gasteiger partial charge < -0.3 is 9.73 Å². The van der Waals surface area contributed by atoms with Crippen molar-refractivity contribution in [2.24, 2.45) is 0 Å². The molecule has 1 N–H and O–H groups in total. The summed E-state index contributed by atoms with van der Waals surface area (Å²) in [5.41, 5.74) is 0.672. The molecule has 0 aliphatic rings. The number of thiophene rings is 1. The quantitative estimate of drug-likeness (QED) is 0.705. The molecule has 0 unspecified atom stereocenters. The van der Waals surface area contributed by atoms with E-state index < -0.39 is 5.91 Å². The molecule has 0 aliphatic heterocycles. The zero-order chi connectivity index (χ0) is 15.7. The van der Waals surface area contributed by atoms with E-state index in [1.54, 1.807) is 6.92 Å². The molecule has 0 atom stereocenters. The summed E-state index contributed by atoms with van der Waals surface area (Å²) in [6, 6.07) is 7.78. The lowest BCUT2D eigenvalue weighted by Gasteiger charge is -2.05. The van der Waals surface area contributed by atoms with Crippen molar-refractivity contribution in [1.29, 1.82) is 0 Å². The third-order valence-corrected chi connectivity index (χ3v) is 4.44. The van der Waals surface area contributed by atoms with Crippen molar-refractivity contribution in [3.63, 3.8) is 0 Å². The van der Waals surface area contributed by atoms with Gasteiger partial charge in [-0.3, -0.25) is 4.79 Å². The van der Waals surface area contributed by atoms with E-state index in [0.29, 0.717) is 21.8 Å². The number of anilines is 1. The van der Waals surface area contributed by atoms with Gasteiger partial charge in [0.1, 0.15) is 11.6 Å². The van der Waals surface area contributed by atoms with Gasteiger partial charge in [-0.05, 0) is 52.5 Å². The van der Waals surface area contributed by atoms with Crippen molar-refractivity contribution in [2.45, 2.75) is 6.92 Å². The molecule has 1 aromatic carbocycles. The van der Waals surface area contributed by atoms with E-state index in [-0.39, 0.29) is 11.5 Å². The van der Waals surface area contributed by atoms with Crippen molar-refractivity contribution in [2.75, 3.05) is 5.32 Å². The maximum atomic E-state index is 13.1. The van der Waals surface area contributed by atoms with Gasteiger partial charge in [0.15, 0.2) is 5.69 Å². The minimum absolute atomic E-state index is 0.208. The van der Waals surface area contributed by atoms with Gasteiger partial charge in [0.05, 0.1) is 10.6 Å². The molecule has 0 saturated carbocycles. The normalized spacial score (nSPS) is 10.7. The largest absolute Gasteiger partial charge is 0.440 e. The van der Waals surface area contributed by atoms with Crippen LogP contribution in [0.25, 0.3) is 10.8 Å². The molecule has 0 bridgehead atoms. The van der Waals surface area contributed by atoms with E-state index in [2.05, 4.69) is 26.2 Å². The Kier molecular flexibility index (Phi) is 4.08. The molecule has 0 saturated heterocycles. The van der Waals surface area contributed by atoms with Crippen LogP contribution in [0.15, 0.2) is 44.6 Å². The molecule has 112 valence electrons. The fourth-order valence-corrected chi connectivity index (χ4v) is 2.98. The topological polar surface area (TPSA) is 55.1 Å². The Bertz CT molecular complexity index is 830. The Morgan fingerprint density at radius 3 is 2.91 bits per heavy atom. The van der Waals surface area contributed by atoms with Gasteiger partial charge in [0.25, 0.3) is 5.91 Å². The second-order valence-corrected chi connectivity index (χ2v) is 6.28. The van der Waals surface area contributed by atoms with Crippen molar-refractivity contribution in [3.05, 3.63) is 57.5 Å². The number of halogens is 2. The number of hydrogen-bond donors (Lipinski definition) is 1. The number of nitrogens with zero attached hydrogens (tertiary/aromatic N) is 1. The van der Waals surface area contributed by atoms with Gasteiger partial charge in [-0.1, -0.05) is 6.07 Å². The zero-order valence-electron chi connectivity index (χ0n) is 11.4. The predicted octanol–water partition coefficient (Wildman–Crippen LogP) is 4.87. The fraction of sp³-hybridized carbons (Fsp3) is 0.0667. The lowest BCUT2D eigenvalue weighted by molar-refractivity contribution is 0.102. The Hall–Kier alpha value is -1.99. The molecule has 1 amide bonds. The second-order valence-electron chi connectivity index (χ2n) is 4.48. The first-order chi connectivity index (χ1) is 10.5. The number of hydrogen-bond acceptors (Lipinski definition) is 4. The van der Waals surface area contributed by atoms with Gasteiger partial charge in [0, 0.05) is 4.47 Å². The van der Waals surface area contributed by atoms with Crippen LogP contribution in [0.5, 0.6) is 0 Å². The molecule has 2 heterocycles. The van der Waals surface area contributed by atoms with Crippen LogP contribution in [-0.4, -0.2) is 10.9 Å². The monoisotopic (exact) mass is 380 g/mol. The highest BCUT2D eigenvalue weighted by Gasteiger charge is 2.19. The van der Waals surface area contributed by atoms with E-state index in [0.717, 1.165) is 4.88 Å². The summed E-state index contributed by atoms with van der Waals surface area (Å²) < 4.78 is 19.1. The summed E-state index contributed by atoms with van der Waals surface area (Å²) in [6.45, 7) is 1.68. The molecular formula is C15H10BrFN2O2S. The maximum Gasteiger partial charge on any atom is 0.277 e. The number of carbonyl (C=O) groups excluding carboxylic acids is 1. The number of amides is 1. The first-order valence-corrected chi connectivity index (χ1v) is 7.99. The highest BCUT2D eigenvalue weighted by molar-refractivity contribution is 9.10. The van der Waals surface area contributed by atoms with E-state index in [1.807, 2.05) is 17.5 Å². The van der Waals surface area contributed by atoms with Crippen LogP contribution in [0.3, 0.4) is 0 Å². The van der Waals surface area contributed by atoms with Gasteiger partial charge in [-0.25, -0.2) is 9.37 Å². The highest BCUT2D eigenvalue weighted by atomic mass is 79.9. The molecule has 22 heavy (non-hydrogen) atoms. The minimum Gasteiger partial charge on any atom is -0.440 e. The van der Waals surface area contributed by atoms with Crippen LogP contribution in [0.4, 0.5) is 10.1 Å². The Morgan fingerprint density at radius 1 is 1.41 bits per heavy atom. The molecule has 2 aromatic heterocycles. The number of nitrogens with one attached hydrogen (secondary N) is 1. The summed E-state index contributed by atoms with van der Waals surface area (Å²) in [5.74, 6) is 0.0498. The maximum absolute atomic E-state index is 13.1. The third kappa shape index (κ3) is 2.95. The van der Waals surface area contributed by atoms with Crippen LogP contribution in [0, 0.1) is 12.7 Å². The van der Waals surface area contributed by atoms with Crippen LogP contribution in [0.1, 0.15) is 16.2 Å². The SMILES string of the molecule is Cc1oc(-c2cccs2)nc1C(=O)Nc1ccc(F)cc1Br. The molecular weight excluding hydrogens is 371 g/mol. The molecule has 0 spiro atoms. The van der Waals surface area contributed by atoms with Crippen LogP contribution < -0.4 is 5.32 Å². The van der Waals surface area contributed by atoms with Crippen molar-refractivity contribution < 1.29 is 13.6 Å². The molecule has 0 aliphatic carbocycles. The number of oxazole rings is 1. The summed E-state index contributed by atoms with van der Waals surface area (Å²) in [7, 11) is 0. The first kappa shape index (κ1) is 14.9. The van der Waals surface area contributed by atoms with Gasteiger partial charge in [-0.15, -0.1) is 11.3 Å². The average molecular weight is 381 g/mol. The number of benzene rings is 1. The molecule has 0 radical (unpaired) electrons. The number of carbonyl (C=O) groups is 1. The summed E-state index contributed by atoms with van der Waals surface area (Å²) >= 11 is 4.69. The summed E-state index contributed by atoms with van der Waals surface area (Å²) in [6.07, 6.45) is 0. The summed E-state index contributed by atoms with van der Waals surface area (Å²) in [5, 5.41) is 4.59. The molecule has 0 fully saturated rings. The Labute approximate surface area is 138 Å². The van der Waals surface area contributed by atoms with Gasteiger partial charge in [-0.2, -0.15) is 0 Å². The highest BCUT2D eigenvalue weighted by Crippen LogP contribution is 2.27. The predicted molar refractivity (Wildman–Crippen MR) is 86.6 cm³/mol. The Morgan fingerprint density at radius 2 is 2.23 bits per heavy atom. The van der Waals surface area contributed by atoms with E-state index in [4.69, 9.17) is 4.42 Å². The second kappa shape index (κ2) is 6.02. The average Bonchev–Trinajstić information content (AvgIpc) is 3.10.